The van der Waals surface area contributed by atoms with E-state index in [9.17, 15) is 0 Å². The third-order valence-corrected chi connectivity index (χ3v) is 2.90. The molecular formula is C6H14O2S2. The van der Waals surface area contributed by atoms with E-state index in [-0.39, 0.29) is 10.9 Å². The lowest BCUT2D eigenvalue weighted by atomic mass is 10.9. The smallest absolute Gasteiger partial charge is 0.0964 e. The molecule has 0 amide bonds. The average Bonchev–Trinajstić information content (AvgIpc) is 1.79. The first-order valence-electron chi connectivity index (χ1n) is 3.22. The lowest BCUT2D eigenvalue weighted by Crippen LogP contribution is -1.99. The van der Waals surface area contributed by atoms with E-state index < -0.39 is 0 Å². The van der Waals surface area contributed by atoms with Crippen LogP contribution >= 0.6 is 23.5 Å². The molecule has 0 saturated carbocycles. The molecule has 4 heteroatoms. The summed E-state index contributed by atoms with van der Waals surface area (Å²) in [6.07, 6.45) is 0. The van der Waals surface area contributed by atoms with Crippen LogP contribution in [0.2, 0.25) is 0 Å². The van der Waals surface area contributed by atoms with Crippen molar-refractivity contribution in [1.29, 1.82) is 0 Å². The van der Waals surface area contributed by atoms with Crippen molar-refractivity contribution < 1.29 is 10.2 Å². The molecule has 0 aromatic heterocycles. The molecule has 0 radical (unpaired) electrons. The molecule has 0 aliphatic heterocycles. The zero-order valence-corrected chi connectivity index (χ0v) is 7.91. The Hall–Kier alpha value is 0.620. The van der Waals surface area contributed by atoms with Crippen molar-refractivity contribution in [3.05, 3.63) is 0 Å². The van der Waals surface area contributed by atoms with Crippen LogP contribution in [0.4, 0.5) is 0 Å². The third-order valence-electron chi connectivity index (χ3n) is 0.801. The molecule has 0 aromatic rings. The largest absolute Gasteiger partial charge is 0.383 e. The van der Waals surface area contributed by atoms with E-state index in [4.69, 9.17) is 10.2 Å². The average molecular weight is 182 g/mol. The summed E-state index contributed by atoms with van der Waals surface area (Å²) in [6.45, 7) is 3.50. The highest BCUT2D eigenvalue weighted by Crippen LogP contribution is 2.12. The van der Waals surface area contributed by atoms with Gasteiger partial charge in [-0.15, -0.1) is 23.5 Å². The predicted octanol–water partition coefficient (Wildman–Crippen LogP) is 1.13. The lowest BCUT2D eigenvalue weighted by Gasteiger charge is -2.04. The van der Waals surface area contributed by atoms with E-state index in [2.05, 4.69) is 0 Å². The SMILES string of the molecule is CC(O)SCCSC(C)O. The quantitative estimate of drug-likeness (QED) is 0.494. The Morgan fingerprint density at radius 3 is 1.50 bits per heavy atom. The van der Waals surface area contributed by atoms with Gasteiger partial charge in [0, 0.05) is 11.5 Å². The van der Waals surface area contributed by atoms with Crippen LogP contribution in [0.5, 0.6) is 0 Å². The van der Waals surface area contributed by atoms with Crippen LogP contribution in [-0.4, -0.2) is 32.6 Å². The normalized spacial score (nSPS) is 16.8. The maximum Gasteiger partial charge on any atom is 0.0964 e. The Balaban J connectivity index is 2.91. The van der Waals surface area contributed by atoms with Gasteiger partial charge < -0.3 is 10.2 Å². The molecule has 0 aliphatic carbocycles. The molecule has 2 unspecified atom stereocenters. The van der Waals surface area contributed by atoms with Crippen LogP contribution in [0, 0.1) is 0 Å². The van der Waals surface area contributed by atoms with Gasteiger partial charge in [0.25, 0.3) is 0 Å². The second-order valence-corrected chi connectivity index (χ2v) is 4.79. The Morgan fingerprint density at radius 1 is 1.00 bits per heavy atom. The van der Waals surface area contributed by atoms with E-state index in [1.165, 1.54) is 23.5 Å². The summed E-state index contributed by atoms with van der Waals surface area (Å²) in [5, 5.41) is 17.6. The monoisotopic (exact) mass is 182 g/mol. The molecule has 0 fully saturated rings. The van der Waals surface area contributed by atoms with Gasteiger partial charge in [-0.05, 0) is 13.8 Å². The van der Waals surface area contributed by atoms with Gasteiger partial charge in [-0.1, -0.05) is 0 Å². The summed E-state index contributed by atoms with van der Waals surface area (Å²) < 4.78 is 0. The Kier molecular flexibility index (Phi) is 6.73. The van der Waals surface area contributed by atoms with Gasteiger partial charge in [-0.2, -0.15) is 0 Å². The second kappa shape index (κ2) is 6.34. The van der Waals surface area contributed by atoms with Crippen molar-refractivity contribution in [2.75, 3.05) is 11.5 Å². The molecule has 62 valence electrons. The van der Waals surface area contributed by atoms with Crippen LogP contribution in [0.25, 0.3) is 0 Å². The number of aliphatic hydroxyl groups excluding tert-OH is 2. The summed E-state index contributed by atoms with van der Waals surface area (Å²) >= 11 is 2.99. The number of hydrogen-bond donors (Lipinski definition) is 2. The summed E-state index contributed by atoms with van der Waals surface area (Å²) in [4.78, 5) is 0. The Labute approximate surface area is 70.4 Å². The van der Waals surface area contributed by atoms with Crippen molar-refractivity contribution in [2.24, 2.45) is 0 Å². The molecule has 0 heterocycles. The zero-order valence-electron chi connectivity index (χ0n) is 6.28. The van der Waals surface area contributed by atoms with Crippen molar-refractivity contribution >= 4 is 23.5 Å². The van der Waals surface area contributed by atoms with Crippen molar-refractivity contribution in [3.63, 3.8) is 0 Å². The minimum absolute atomic E-state index is 0.283. The number of thioether (sulfide) groups is 2. The van der Waals surface area contributed by atoms with Gasteiger partial charge in [-0.3, -0.25) is 0 Å². The van der Waals surface area contributed by atoms with Crippen LogP contribution in [0.3, 0.4) is 0 Å². The predicted molar refractivity (Wildman–Crippen MR) is 48.3 cm³/mol. The van der Waals surface area contributed by atoms with Crippen LogP contribution < -0.4 is 0 Å². The number of hydrogen-bond acceptors (Lipinski definition) is 4. The van der Waals surface area contributed by atoms with Gasteiger partial charge in [0.2, 0.25) is 0 Å². The molecule has 0 spiro atoms. The fourth-order valence-electron chi connectivity index (χ4n) is 0.437. The van der Waals surface area contributed by atoms with Crippen LogP contribution in [0.15, 0.2) is 0 Å². The van der Waals surface area contributed by atoms with Gasteiger partial charge in [0.05, 0.1) is 10.9 Å². The van der Waals surface area contributed by atoms with Crippen molar-refractivity contribution in [3.8, 4) is 0 Å². The molecule has 2 atom stereocenters. The third kappa shape index (κ3) is 8.62. The molecule has 10 heavy (non-hydrogen) atoms. The molecule has 0 aromatic carbocycles. The maximum absolute atomic E-state index is 8.81. The highest BCUT2D eigenvalue weighted by molar-refractivity contribution is 8.03. The van der Waals surface area contributed by atoms with E-state index in [0.29, 0.717) is 0 Å². The summed E-state index contributed by atoms with van der Waals surface area (Å²) in [5.74, 6) is 1.79. The Bertz CT molecular complexity index is 66.1. The molecule has 2 nitrogen and oxygen atoms in total. The number of aliphatic hydroxyl groups is 2. The van der Waals surface area contributed by atoms with E-state index in [1.54, 1.807) is 13.8 Å². The van der Waals surface area contributed by atoms with Crippen LogP contribution in [0.1, 0.15) is 13.8 Å². The zero-order chi connectivity index (χ0) is 7.98. The molecule has 0 saturated heterocycles. The summed E-state index contributed by atoms with van der Waals surface area (Å²) in [7, 11) is 0. The fraction of sp³-hybridized carbons (Fsp3) is 1.00. The lowest BCUT2D eigenvalue weighted by molar-refractivity contribution is 0.283. The van der Waals surface area contributed by atoms with Crippen molar-refractivity contribution in [2.45, 2.75) is 24.7 Å². The minimum Gasteiger partial charge on any atom is -0.383 e. The second-order valence-electron chi connectivity index (χ2n) is 1.94. The molecule has 0 bridgehead atoms. The van der Waals surface area contributed by atoms with E-state index >= 15 is 0 Å². The molecule has 0 aliphatic rings. The number of rotatable bonds is 5. The van der Waals surface area contributed by atoms with Gasteiger partial charge in [0.1, 0.15) is 0 Å². The van der Waals surface area contributed by atoms with Gasteiger partial charge in [-0.25, -0.2) is 0 Å². The minimum atomic E-state index is -0.283. The van der Waals surface area contributed by atoms with Gasteiger partial charge >= 0.3 is 0 Å². The Morgan fingerprint density at radius 2 is 1.30 bits per heavy atom. The maximum atomic E-state index is 8.81. The standard InChI is InChI=1S/C6H14O2S2/c1-5(7)9-3-4-10-6(2)8/h5-8H,3-4H2,1-2H3. The molecular weight excluding hydrogens is 168 g/mol. The first-order valence-corrected chi connectivity index (χ1v) is 5.32. The highest BCUT2D eigenvalue weighted by atomic mass is 32.2. The van der Waals surface area contributed by atoms with Crippen molar-refractivity contribution in [1.82, 2.24) is 0 Å². The van der Waals surface area contributed by atoms with E-state index in [1.807, 2.05) is 0 Å². The summed E-state index contributed by atoms with van der Waals surface area (Å²) in [5.41, 5.74) is -0.566. The van der Waals surface area contributed by atoms with Gasteiger partial charge in [0.15, 0.2) is 0 Å². The topological polar surface area (TPSA) is 40.5 Å². The highest BCUT2D eigenvalue weighted by Gasteiger charge is 1.97. The molecule has 0 rings (SSSR count). The molecule has 2 N–H and O–H groups in total. The first kappa shape index (κ1) is 10.6. The fourth-order valence-corrected chi connectivity index (χ4v) is 1.89. The summed E-state index contributed by atoms with van der Waals surface area (Å²) in [6, 6.07) is 0. The van der Waals surface area contributed by atoms with E-state index in [0.717, 1.165) is 11.5 Å². The van der Waals surface area contributed by atoms with Crippen LogP contribution in [-0.2, 0) is 0 Å². The first-order chi connectivity index (χ1) is 4.63.